The van der Waals surface area contributed by atoms with Crippen molar-refractivity contribution in [2.24, 2.45) is 17.2 Å². The maximum Gasteiger partial charge on any atom is 0.249 e. The second-order valence-electron chi connectivity index (χ2n) is 3.14. The molecule has 80 valence electrons. The number of rotatable bonds is 4. The van der Waals surface area contributed by atoms with Crippen molar-refractivity contribution in [3.63, 3.8) is 0 Å². The lowest BCUT2D eigenvalue weighted by Gasteiger charge is -2.06. The summed E-state index contributed by atoms with van der Waals surface area (Å²) in [4.78, 5) is 22.0. The molecule has 5 heteroatoms. The van der Waals surface area contributed by atoms with Crippen molar-refractivity contribution in [1.29, 1.82) is 0 Å². The van der Waals surface area contributed by atoms with Crippen LogP contribution in [0.1, 0.15) is 26.3 Å². The van der Waals surface area contributed by atoms with Gasteiger partial charge in [0.25, 0.3) is 0 Å². The highest BCUT2D eigenvalue weighted by atomic mass is 16.1. The quantitative estimate of drug-likeness (QED) is 0.611. The van der Waals surface area contributed by atoms with Gasteiger partial charge in [-0.3, -0.25) is 9.59 Å². The molecule has 15 heavy (non-hydrogen) atoms. The molecule has 0 heterocycles. The van der Waals surface area contributed by atoms with E-state index in [0.29, 0.717) is 18.5 Å². The molecule has 0 aromatic heterocycles. The van der Waals surface area contributed by atoms with E-state index in [9.17, 15) is 9.59 Å². The van der Waals surface area contributed by atoms with Gasteiger partial charge < -0.3 is 17.2 Å². The summed E-state index contributed by atoms with van der Waals surface area (Å²) in [5, 5.41) is 0. The van der Waals surface area contributed by atoms with Gasteiger partial charge in [-0.2, -0.15) is 0 Å². The van der Waals surface area contributed by atoms with E-state index in [-0.39, 0.29) is 5.56 Å². The van der Waals surface area contributed by atoms with Crippen LogP contribution in [0.5, 0.6) is 0 Å². The van der Waals surface area contributed by atoms with Crippen LogP contribution in [0.15, 0.2) is 18.2 Å². The Kier molecular flexibility index (Phi) is 3.41. The van der Waals surface area contributed by atoms with Gasteiger partial charge in [-0.1, -0.05) is 6.07 Å². The average molecular weight is 207 g/mol. The van der Waals surface area contributed by atoms with E-state index in [1.807, 2.05) is 0 Å². The van der Waals surface area contributed by atoms with Gasteiger partial charge in [-0.25, -0.2) is 0 Å². The molecule has 0 saturated carbocycles. The minimum atomic E-state index is -0.586. The van der Waals surface area contributed by atoms with E-state index < -0.39 is 11.8 Å². The van der Waals surface area contributed by atoms with Crippen LogP contribution in [0.2, 0.25) is 0 Å². The summed E-state index contributed by atoms with van der Waals surface area (Å²) in [6.45, 7) is 0.413. The van der Waals surface area contributed by atoms with Crippen molar-refractivity contribution in [2.75, 3.05) is 6.54 Å². The van der Waals surface area contributed by atoms with Crippen LogP contribution in [0.4, 0.5) is 0 Å². The van der Waals surface area contributed by atoms with Gasteiger partial charge in [0, 0.05) is 11.1 Å². The lowest BCUT2D eigenvalue weighted by atomic mass is 10.0. The fourth-order valence-corrected chi connectivity index (χ4v) is 1.33. The average Bonchev–Trinajstić information content (AvgIpc) is 2.18. The summed E-state index contributed by atoms with van der Waals surface area (Å²) in [5.41, 5.74) is 17.0. The molecule has 0 unspecified atom stereocenters. The highest BCUT2D eigenvalue weighted by Gasteiger charge is 2.10. The van der Waals surface area contributed by atoms with Crippen LogP contribution in [0, 0.1) is 0 Å². The Hall–Kier alpha value is -1.88. The third kappa shape index (κ3) is 2.54. The topological polar surface area (TPSA) is 112 Å². The number of carbonyl (C=O) groups excluding carboxylic acids is 2. The molecule has 0 aliphatic rings. The molecule has 6 N–H and O–H groups in total. The van der Waals surface area contributed by atoms with E-state index in [4.69, 9.17) is 17.2 Å². The Labute approximate surface area is 87.2 Å². The maximum atomic E-state index is 11.1. The molecular weight excluding hydrogens is 194 g/mol. The van der Waals surface area contributed by atoms with Crippen LogP contribution in [0.25, 0.3) is 0 Å². The predicted molar refractivity (Wildman–Crippen MR) is 56.2 cm³/mol. The normalized spacial score (nSPS) is 9.93. The summed E-state index contributed by atoms with van der Waals surface area (Å²) >= 11 is 0. The Morgan fingerprint density at radius 2 is 1.80 bits per heavy atom. The second-order valence-corrected chi connectivity index (χ2v) is 3.14. The largest absolute Gasteiger partial charge is 0.366 e. The number of hydrogen-bond donors (Lipinski definition) is 3. The smallest absolute Gasteiger partial charge is 0.249 e. The van der Waals surface area contributed by atoms with Gasteiger partial charge in [0.1, 0.15) is 0 Å². The molecule has 0 atom stereocenters. The van der Waals surface area contributed by atoms with Crippen molar-refractivity contribution in [2.45, 2.75) is 6.42 Å². The minimum absolute atomic E-state index is 0.268. The predicted octanol–water partition coefficient (Wildman–Crippen LogP) is -0.614. The number of carbonyl (C=O) groups is 2. The fourth-order valence-electron chi connectivity index (χ4n) is 1.33. The second kappa shape index (κ2) is 4.56. The molecule has 0 fully saturated rings. The monoisotopic (exact) mass is 207 g/mol. The lowest BCUT2D eigenvalue weighted by molar-refractivity contribution is 0.0998. The van der Waals surface area contributed by atoms with Gasteiger partial charge in [-0.05, 0) is 30.7 Å². The van der Waals surface area contributed by atoms with E-state index in [2.05, 4.69) is 0 Å². The van der Waals surface area contributed by atoms with Crippen molar-refractivity contribution in [3.8, 4) is 0 Å². The molecule has 0 bridgehead atoms. The SMILES string of the molecule is NCCc1ccc(C(N)=O)cc1C(N)=O. The first-order chi connectivity index (χ1) is 7.06. The summed E-state index contributed by atoms with van der Waals surface area (Å²) in [5.74, 6) is -1.17. The van der Waals surface area contributed by atoms with Crippen LogP contribution in [0.3, 0.4) is 0 Å². The fraction of sp³-hybridized carbons (Fsp3) is 0.200. The highest BCUT2D eigenvalue weighted by Crippen LogP contribution is 2.12. The van der Waals surface area contributed by atoms with Crippen LogP contribution >= 0.6 is 0 Å². The molecule has 0 saturated heterocycles. The Morgan fingerprint density at radius 1 is 1.13 bits per heavy atom. The Balaban J connectivity index is 3.20. The van der Waals surface area contributed by atoms with Crippen molar-refractivity contribution < 1.29 is 9.59 Å². The number of primary amides is 2. The molecule has 1 aromatic rings. The standard InChI is InChI=1S/C10H13N3O2/c11-4-3-6-1-2-7(9(12)14)5-8(6)10(13)15/h1-2,5H,3-4,11H2,(H2,12,14)(H2,13,15). The Morgan fingerprint density at radius 3 is 2.27 bits per heavy atom. The van der Waals surface area contributed by atoms with Gasteiger partial charge in [0.2, 0.25) is 11.8 Å². The van der Waals surface area contributed by atoms with Crippen molar-refractivity contribution >= 4 is 11.8 Å². The molecule has 5 nitrogen and oxygen atoms in total. The molecule has 0 aliphatic carbocycles. The van der Waals surface area contributed by atoms with E-state index in [1.165, 1.54) is 6.07 Å². The summed E-state index contributed by atoms with van der Waals surface area (Å²) in [7, 11) is 0. The third-order valence-corrected chi connectivity index (χ3v) is 2.07. The molecule has 0 radical (unpaired) electrons. The van der Waals surface area contributed by atoms with E-state index >= 15 is 0 Å². The number of benzene rings is 1. The van der Waals surface area contributed by atoms with E-state index in [0.717, 1.165) is 5.56 Å². The molecule has 1 rings (SSSR count). The first kappa shape index (κ1) is 11.2. The van der Waals surface area contributed by atoms with Crippen molar-refractivity contribution in [3.05, 3.63) is 34.9 Å². The van der Waals surface area contributed by atoms with Crippen LogP contribution in [-0.4, -0.2) is 18.4 Å². The maximum absolute atomic E-state index is 11.1. The van der Waals surface area contributed by atoms with Crippen molar-refractivity contribution in [1.82, 2.24) is 0 Å². The first-order valence-corrected chi connectivity index (χ1v) is 4.49. The van der Waals surface area contributed by atoms with Gasteiger partial charge in [-0.15, -0.1) is 0 Å². The zero-order chi connectivity index (χ0) is 11.4. The van der Waals surface area contributed by atoms with E-state index in [1.54, 1.807) is 12.1 Å². The number of amides is 2. The molecule has 1 aromatic carbocycles. The molecular formula is C10H13N3O2. The first-order valence-electron chi connectivity index (χ1n) is 4.49. The third-order valence-electron chi connectivity index (χ3n) is 2.07. The summed E-state index contributed by atoms with van der Waals surface area (Å²) < 4.78 is 0. The molecule has 0 spiro atoms. The molecule has 0 aliphatic heterocycles. The number of nitrogens with two attached hydrogens (primary N) is 3. The van der Waals surface area contributed by atoms with Crippen LogP contribution in [-0.2, 0) is 6.42 Å². The summed E-state index contributed by atoms with van der Waals surface area (Å²) in [6, 6.07) is 4.60. The lowest BCUT2D eigenvalue weighted by Crippen LogP contribution is -2.18. The summed E-state index contributed by atoms with van der Waals surface area (Å²) in [6.07, 6.45) is 0.539. The van der Waals surface area contributed by atoms with Gasteiger partial charge in [0.15, 0.2) is 0 Å². The minimum Gasteiger partial charge on any atom is -0.366 e. The molecule has 2 amide bonds. The Bertz CT molecular complexity index is 402. The zero-order valence-corrected chi connectivity index (χ0v) is 8.19. The van der Waals surface area contributed by atoms with Crippen LogP contribution < -0.4 is 17.2 Å². The van der Waals surface area contributed by atoms with Gasteiger partial charge in [0.05, 0.1) is 0 Å². The highest BCUT2D eigenvalue weighted by molar-refractivity contribution is 5.99. The van der Waals surface area contributed by atoms with Gasteiger partial charge >= 0.3 is 0 Å². The zero-order valence-electron chi connectivity index (χ0n) is 8.19. The number of hydrogen-bond acceptors (Lipinski definition) is 3.